The lowest BCUT2D eigenvalue weighted by Crippen LogP contribution is -2.17. The van der Waals surface area contributed by atoms with Crippen LogP contribution in [0.1, 0.15) is 79.2 Å². The van der Waals surface area contributed by atoms with Crippen molar-refractivity contribution in [1.29, 1.82) is 0 Å². The van der Waals surface area contributed by atoms with E-state index < -0.39 is 29.7 Å². The van der Waals surface area contributed by atoms with Crippen LogP contribution >= 0.6 is 0 Å². The predicted octanol–water partition coefficient (Wildman–Crippen LogP) is 8.85. The van der Waals surface area contributed by atoms with Gasteiger partial charge in [0.1, 0.15) is 0 Å². The average molecular weight is 1090 g/mol. The van der Waals surface area contributed by atoms with Crippen molar-refractivity contribution in [3.63, 3.8) is 0 Å². The lowest BCUT2D eigenvalue weighted by atomic mass is 10.1. The number of carboxylic acids is 2. The lowest BCUT2D eigenvalue weighted by Gasteiger charge is -2.09. The summed E-state index contributed by atoms with van der Waals surface area (Å²) in [5.41, 5.74) is 32.3. The Morgan fingerprint density at radius 3 is 1.00 bits per heavy atom. The van der Waals surface area contributed by atoms with E-state index in [0.717, 1.165) is 33.4 Å². The molecular formula is C59H54N12O10. The number of nitrogen functional groups attached to an aromatic ring is 4. The molecule has 6 aromatic carbocycles. The van der Waals surface area contributed by atoms with Crippen LogP contribution in [0.3, 0.4) is 0 Å². The van der Waals surface area contributed by atoms with Crippen molar-refractivity contribution < 1.29 is 48.5 Å². The van der Waals surface area contributed by atoms with Crippen LogP contribution in [0.25, 0.3) is 33.8 Å². The first-order chi connectivity index (χ1) is 38.7. The highest BCUT2D eigenvalue weighted by atomic mass is 16.5. The van der Waals surface area contributed by atoms with E-state index in [1.807, 2.05) is 93.6 Å². The number of nitrogens with zero attached hydrogens (tertiary/aromatic N) is 6. The molecule has 9 aromatic rings. The SMILES string of the molecule is COC(=O)c1ccc(N)cc1.COC(=O)c1ccc(NC(=O)c2nc(-c3ccc(C)cc3)cnc2N)cc1.Cc1ccc(-c2cnc(N)c(C(=O)Nc3ccc(C(=O)O)cc3)n2)cc1.Cc1ccc(-c2cnc(N)c(C(=O)O)n2)cc1. The molecule has 3 aromatic heterocycles. The molecule has 0 saturated heterocycles. The topological polar surface area (TPSA) is 367 Å². The molecule has 0 unspecified atom stereocenters. The zero-order valence-electron chi connectivity index (χ0n) is 44.2. The quantitative estimate of drug-likeness (QED) is 0.0442. The van der Waals surface area contributed by atoms with Gasteiger partial charge in [0, 0.05) is 33.8 Å². The molecule has 22 heteroatoms. The Hall–Kier alpha value is -11.4. The maximum atomic E-state index is 12.6. The number of esters is 2. The summed E-state index contributed by atoms with van der Waals surface area (Å²) in [6, 6.07) is 41.6. The first-order valence-electron chi connectivity index (χ1n) is 24.1. The van der Waals surface area contributed by atoms with Gasteiger partial charge >= 0.3 is 23.9 Å². The number of ether oxygens (including phenoxy) is 2. The number of carbonyl (C=O) groups is 6. The van der Waals surface area contributed by atoms with Crippen LogP contribution in [0.15, 0.2) is 164 Å². The summed E-state index contributed by atoms with van der Waals surface area (Å²) in [4.78, 5) is 93.7. The van der Waals surface area contributed by atoms with Crippen LogP contribution in [-0.2, 0) is 9.47 Å². The third kappa shape index (κ3) is 16.5. The normalized spacial score (nSPS) is 10.1. The van der Waals surface area contributed by atoms with Gasteiger partial charge < -0.3 is 53.3 Å². The zero-order valence-corrected chi connectivity index (χ0v) is 44.2. The van der Waals surface area contributed by atoms with E-state index in [9.17, 15) is 28.8 Å². The molecule has 0 aliphatic carbocycles. The first-order valence-corrected chi connectivity index (χ1v) is 24.1. The Morgan fingerprint density at radius 2 is 0.691 bits per heavy atom. The van der Waals surface area contributed by atoms with Crippen LogP contribution < -0.4 is 33.6 Å². The van der Waals surface area contributed by atoms with E-state index in [-0.39, 0.29) is 46.1 Å². The summed E-state index contributed by atoms with van der Waals surface area (Å²) >= 11 is 0. The monoisotopic (exact) mass is 1090 g/mol. The van der Waals surface area contributed by atoms with Gasteiger partial charge in [-0.1, -0.05) is 89.5 Å². The van der Waals surface area contributed by atoms with Gasteiger partial charge in [0.15, 0.2) is 34.5 Å². The maximum Gasteiger partial charge on any atom is 0.358 e. The average Bonchev–Trinajstić information content (AvgIpc) is 3.52. The molecule has 0 bridgehead atoms. The first kappa shape index (κ1) is 58.8. The van der Waals surface area contributed by atoms with E-state index >= 15 is 0 Å². The molecule has 3 heterocycles. The number of aryl methyl sites for hydroxylation is 3. The Bertz CT molecular complexity index is 3700. The van der Waals surface area contributed by atoms with Crippen molar-refractivity contribution in [3.05, 3.63) is 215 Å². The van der Waals surface area contributed by atoms with Crippen LogP contribution in [-0.4, -0.2) is 90.0 Å². The molecule has 410 valence electrons. The number of hydrogen-bond acceptors (Lipinski definition) is 18. The fourth-order valence-corrected chi connectivity index (χ4v) is 6.90. The number of rotatable bonds is 11. The van der Waals surface area contributed by atoms with Gasteiger partial charge in [-0.15, -0.1) is 0 Å². The number of methoxy groups -OCH3 is 2. The lowest BCUT2D eigenvalue weighted by molar-refractivity contribution is 0.0592. The fourth-order valence-electron chi connectivity index (χ4n) is 6.90. The summed E-state index contributed by atoms with van der Waals surface area (Å²) in [7, 11) is 2.65. The highest BCUT2D eigenvalue weighted by Gasteiger charge is 2.18. The van der Waals surface area contributed by atoms with E-state index in [1.54, 1.807) is 48.5 Å². The Labute approximate surface area is 463 Å². The highest BCUT2D eigenvalue weighted by molar-refractivity contribution is 6.07. The minimum absolute atomic E-state index is 0.00499. The van der Waals surface area contributed by atoms with Gasteiger partial charge in [-0.25, -0.2) is 49.1 Å². The fraction of sp³-hybridized carbons (Fsp3) is 0.0847. The van der Waals surface area contributed by atoms with Crippen LogP contribution in [0.4, 0.5) is 34.5 Å². The number of aromatic nitrogens is 6. The second-order valence-electron chi connectivity index (χ2n) is 17.3. The second-order valence-corrected chi connectivity index (χ2v) is 17.3. The molecule has 0 aliphatic rings. The van der Waals surface area contributed by atoms with Gasteiger partial charge in [-0.3, -0.25) is 9.59 Å². The predicted molar refractivity (Wildman–Crippen MR) is 306 cm³/mol. The van der Waals surface area contributed by atoms with E-state index in [2.05, 4.69) is 50.0 Å². The third-order valence-electron chi connectivity index (χ3n) is 11.4. The minimum Gasteiger partial charge on any atom is -0.478 e. The summed E-state index contributed by atoms with van der Waals surface area (Å²) in [6.07, 6.45) is 4.51. The number of amides is 2. The number of anilines is 6. The second kappa shape index (κ2) is 27.6. The molecule has 0 aliphatic heterocycles. The van der Waals surface area contributed by atoms with E-state index in [4.69, 9.17) is 33.1 Å². The van der Waals surface area contributed by atoms with Gasteiger partial charge in [0.2, 0.25) is 0 Å². The van der Waals surface area contributed by atoms with Crippen molar-refractivity contribution >= 4 is 70.2 Å². The van der Waals surface area contributed by atoms with Crippen molar-refractivity contribution in [2.45, 2.75) is 20.8 Å². The molecule has 81 heavy (non-hydrogen) atoms. The molecule has 0 saturated carbocycles. The molecule has 9 rings (SSSR count). The molecule has 0 atom stereocenters. The molecule has 0 fully saturated rings. The molecule has 22 nitrogen and oxygen atoms in total. The summed E-state index contributed by atoms with van der Waals surface area (Å²) in [5, 5.41) is 23.1. The largest absolute Gasteiger partial charge is 0.478 e. The molecule has 0 spiro atoms. The van der Waals surface area contributed by atoms with Crippen LogP contribution in [0.2, 0.25) is 0 Å². The highest BCUT2D eigenvalue weighted by Crippen LogP contribution is 2.23. The number of hydrogen-bond donors (Lipinski definition) is 8. The van der Waals surface area contributed by atoms with Gasteiger partial charge in [0.05, 0.1) is 66.6 Å². The number of benzene rings is 6. The Kier molecular flexibility index (Phi) is 20.0. The van der Waals surface area contributed by atoms with Crippen molar-refractivity contribution in [2.24, 2.45) is 0 Å². The van der Waals surface area contributed by atoms with E-state index in [0.29, 0.717) is 45.3 Å². The third-order valence-corrected chi connectivity index (χ3v) is 11.4. The summed E-state index contributed by atoms with van der Waals surface area (Å²) in [5.74, 6) is -4.04. The minimum atomic E-state index is -1.18. The smallest absolute Gasteiger partial charge is 0.358 e. The van der Waals surface area contributed by atoms with Crippen molar-refractivity contribution in [1.82, 2.24) is 29.9 Å². The standard InChI is InChI=1S/C20H18N4O3.C19H16N4O3.C12H11N3O2.C8H9NO2/c1-12-3-5-13(6-4-12)16-11-22-18(21)17(24-16)19(25)23-15-9-7-14(8-10-15)20(26)27-2;1-11-2-4-12(5-3-11)15-10-21-17(20)16(23-15)18(24)22-14-8-6-13(7-9-14)19(25)26;1-7-2-4-8(5-3-7)9-6-14-11(13)10(15-9)12(16)17;1-11-8(10)6-2-4-7(9)5-3-6/h3-11H,1-2H3,(H2,21,22)(H,23,25);2-10H,1H3,(H2,20,21)(H,22,24)(H,25,26);2-6H,1H3,(H2,13,14)(H,16,17);2-5H,9H2,1H3. The van der Waals surface area contributed by atoms with Gasteiger partial charge in [0.25, 0.3) is 11.8 Å². The summed E-state index contributed by atoms with van der Waals surface area (Å²) < 4.78 is 9.14. The van der Waals surface area contributed by atoms with Gasteiger partial charge in [-0.2, -0.15) is 0 Å². The van der Waals surface area contributed by atoms with Crippen molar-refractivity contribution in [2.75, 3.05) is 47.8 Å². The molecule has 0 radical (unpaired) electrons. The van der Waals surface area contributed by atoms with E-state index in [1.165, 1.54) is 57.1 Å². The van der Waals surface area contributed by atoms with Crippen LogP contribution in [0.5, 0.6) is 0 Å². The van der Waals surface area contributed by atoms with Gasteiger partial charge in [-0.05, 0) is 93.6 Å². The molecule has 2 amide bonds. The maximum absolute atomic E-state index is 12.6. The summed E-state index contributed by atoms with van der Waals surface area (Å²) in [6.45, 7) is 5.94. The van der Waals surface area contributed by atoms with Crippen molar-refractivity contribution in [3.8, 4) is 33.8 Å². The number of carboxylic acid groups (broad SMARTS) is 2. The number of aromatic carboxylic acids is 2. The number of nitrogens with two attached hydrogens (primary N) is 4. The van der Waals surface area contributed by atoms with Crippen LogP contribution in [0, 0.1) is 20.8 Å². The Balaban J connectivity index is 0.000000182. The molecule has 12 N–H and O–H groups in total. The Morgan fingerprint density at radius 1 is 0.395 bits per heavy atom. The zero-order chi connectivity index (χ0) is 58.8. The number of carbonyl (C=O) groups excluding carboxylic acids is 4. The number of nitrogens with one attached hydrogen (secondary N) is 2. The molecular weight excluding hydrogens is 1040 g/mol.